The number of rotatable bonds is 4. The fourth-order valence-electron chi connectivity index (χ4n) is 5.66. The maximum Gasteiger partial charge on any atom is 0.306 e. The largest absolute Gasteiger partial charge is 0.461 e. The molecule has 0 radical (unpaired) electrons. The van der Waals surface area contributed by atoms with Gasteiger partial charge in [0.2, 0.25) is 0 Å². The topological polar surface area (TPSA) is 26.3 Å². The standard InChI is InChI=1S/C19H22Cl2O2/c20-16-2-1-15(17(21)6-16)11-23-18(22)10-19-7-12-3-13(8-19)5-14(4-12)9-19/h1-2,6,12-14H,3-5,7-11H2. The van der Waals surface area contributed by atoms with Gasteiger partial charge in [-0.25, -0.2) is 0 Å². The van der Waals surface area contributed by atoms with Crippen LogP contribution in [0.1, 0.15) is 50.5 Å². The maximum atomic E-state index is 12.4. The van der Waals surface area contributed by atoms with Gasteiger partial charge in [-0.1, -0.05) is 29.3 Å². The van der Waals surface area contributed by atoms with E-state index in [2.05, 4.69) is 0 Å². The van der Waals surface area contributed by atoms with E-state index in [0.29, 0.717) is 16.5 Å². The molecule has 0 spiro atoms. The lowest BCUT2D eigenvalue weighted by atomic mass is 9.49. The summed E-state index contributed by atoms with van der Waals surface area (Å²) >= 11 is 12.0. The number of benzene rings is 1. The number of hydrogen-bond acceptors (Lipinski definition) is 2. The smallest absolute Gasteiger partial charge is 0.306 e. The Morgan fingerprint density at radius 3 is 2.26 bits per heavy atom. The summed E-state index contributed by atoms with van der Waals surface area (Å²) in [6, 6.07) is 5.28. The van der Waals surface area contributed by atoms with Crippen molar-refractivity contribution in [2.75, 3.05) is 0 Å². The van der Waals surface area contributed by atoms with Gasteiger partial charge in [0.1, 0.15) is 6.61 Å². The summed E-state index contributed by atoms with van der Waals surface area (Å²) in [5.41, 5.74) is 1.05. The average Bonchev–Trinajstić information content (AvgIpc) is 2.44. The SMILES string of the molecule is O=C(CC12CC3CC(CC(C3)C1)C2)OCc1ccc(Cl)cc1Cl. The summed E-state index contributed by atoms with van der Waals surface area (Å²) < 4.78 is 5.52. The molecule has 2 nitrogen and oxygen atoms in total. The first-order valence-electron chi connectivity index (χ1n) is 8.61. The predicted molar refractivity (Wildman–Crippen MR) is 91.5 cm³/mol. The molecule has 0 atom stereocenters. The van der Waals surface area contributed by atoms with E-state index < -0.39 is 0 Å². The minimum Gasteiger partial charge on any atom is -0.461 e. The molecule has 1 aromatic rings. The second kappa shape index (κ2) is 5.97. The van der Waals surface area contributed by atoms with Crippen LogP contribution in [0.4, 0.5) is 0 Å². The Morgan fingerprint density at radius 2 is 1.70 bits per heavy atom. The Bertz CT molecular complexity index is 591. The molecule has 4 aliphatic rings. The van der Waals surface area contributed by atoms with Crippen molar-refractivity contribution >= 4 is 29.2 Å². The van der Waals surface area contributed by atoms with Crippen molar-refractivity contribution in [2.24, 2.45) is 23.2 Å². The molecule has 0 aliphatic heterocycles. The molecule has 0 N–H and O–H groups in total. The molecule has 23 heavy (non-hydrogen) atoms. The Labute approximate surface area is 147 Å². The molecular formula is C19H22Cl2O2. The summed E-state index contributed by atoms with van der Waals surface area (Å²) in [5, 5.41) is 1.15. The van der Waals surface area contributed by atoms with E-state index in [-0.39, 0.29) is 18.0 Å². The van der Waals surface area contributed by atoms with E-state index >= 15 is 0 Å². The van der Waals surface area contributed by atoms with Gasteiger partial charge in [-0.2, -0.15) is 0 Å². The van der Waals surface area contributed by atoms with Crippen molar-refractivity contribution in [3.8, 4) is 0 Å². The summed E-state index contributed by atoms with van der Waals surface area (Å²) in [6.45, 7) is 0.237. The number of carbonyl (C=O) groups is 1. The highest BCUT2D eigenvalue weighted by Gasteiger charge is 2.51. The van der Waals surface area contributed by atoms with Gasteiger partial charge in [0, 0.05) is 15.6 Å². The summed E-state index contributed by atoms with van der Waals surface area (Å²) in [6.07, 6.45) is 8.47. The minimum atomic E-state index is -0.0713. The van der Waals surface area contributed by atoms with Gasteiger partial charge in [-0.15, -0.1) is 0 Å². The molecule has 5 rings (SSSR count). The van der Waals surface area contributed by atoms with Crippen molar-refractivity contribution in [1.29, 1.82) is 0 Å². The van der Waals surface area contributed by atoms with Crippen molar-refractivity contribution in [3.63, 3.8) is 0 Å². The maximum absolute atomic E-state index is 12.4. The normalized spacial score (nSPS) is 34.6. The van der Waals surface area contributed by atoms with Gasteiger partial charge in [-0.05, 0) is 73.8 Å². The van der Waals surface area contributed by atoms with E-state index in [9.17, 15) is 4.79 Å². The molecule has 4 saturated carbocycles. The fourth-order valence-corrected chi connectivity index (χ4v) is 6.12. The zero-order valence-electron chi connectivity index (χ0n) is 13.2. The van der Waals surface area contributed by atoms with E-state index in [1.165, 1.54) is 38.5 Å². The molecular weight excluding hydrogens is 331 g/mol. The van der Waals surface area contributed by atoms with Crippen LogP contribution in [0.15, 0.2) is 18.2 Å². The van der Waals surface area contributed by atoms with Crippen LogP contribution >= 0.6 is 23.2 Å². The molecule has 0 unspecified atom stereocenters. The molecule has 4 fully saturated rings. The number of carbonyl (C=O) groups excluding carboxylic acids is 1. The summed E-state index contributed by atoms with van der Waals surface area (Å²) in [7, 11) is 0. The molecule has 124 valence electrons. The van der Waals surface area contributed by atoms with Crippen LogP contribution < -0.4 is 0 Å². The Kier molecular flexibility index (Phi) is 4.09. The van der Waals surface area contributed by atoms with E-state index in [1.54, 1.807) is 12.1 Å². The lowest BCUT2D eigenvalue weighted by Gasteiger charge is -2.56. The van der Waals surface area contributed by atoms with Gasteiger partial charge in [0.15, 0.2) is 0 Å². The molecule has 1 aromatic carbocycles. The van der Waals surface area contributed by atoms with E-state index in [0.717, 1.165) is 23.3 Å². The Balaban J connectivity index is 1.37. The number of halogens is 2. The molecule has 4 heteroatoms. The van der Waals surface area contributed by atoms with Crippen LogP contribution in [0.3, 0.4) is 0 Å². The first-order valence-corrected chi connectivity index (χ1v) is 9.36. The molecule has 0 heterocycles. The number of esters is 1. The number of hydrogen-bond donors (Lipinski definition) is 0. The molecule has 4 bridgehead atoms. The van der Waals surface area contributed by atoms with Gasteiger partial charge in [0.05, 0.1) is 6.42 Å². The molecule has 0 amide bonds. The average molecular weight is 353 g/mol. The first-order chi connectivity index (χ1) is 11.0. The monoisotopic (exact) mass is 352 g/mol. The highest BCUT2D eigenvalue weighted by atomic mass is 35.5. The Hall–Kier alpha value is -0.730. The first kappa shape index (κ1) is 15.8. The minimum absolute atomic E-state index is 0.0713. The second-order valence-corrected chi connectivity index (χ2v) is 8.83. The van der Waals surface area contributed by atoms with E-state index in [1.807, 2.05) is 6.07 Å². The summed E-state index contributed by atoms with van der Waals surface area (Å²) in [4.78, 5) is 12.4. The fraction of sp³-hybridized carbons (Fsp3) is 0.632. The third-order valence-electron chi connectivity index (χ3n) is 6.09. The second-order valence-electron chi connectivity index (χ2n) is 7.99. The van der Waals surface area contributed by atoms with Crippen LogP contribution in [0.5, 0.6) is 0 Å². The van der Waals surface area contributed by atoms with Crippen molar-refractivity contribution in [2.45, 2.75) is 51.6 Å². The third-order valence-corrected chi connectivity index (χ3v) is 6.68. The predicted octanol–water partition coefficient (Wildman–Crippen LogP) is 5.64. The van der Waals surface area contributed by atoms with Crippen LogP contribution in [-0.2, 0) is 16.1 Å². The van der Waals surface area contributed by atoms with Crippen molar-refractivity contribution < 1.29 is 9.53 Å². The summed E-state index contributed by atoms with van der Waals surface area (Å²) in [5.74, 6) is 2.51. The van der Waals surface area contributed by atoms with Crippen LogP contribution in [0.25, 0.3) is 0 Å². The number of ether oxygens (including phenoxy) is 1. The molecule has 0 saturated heterocycles. The van der Waals surface area contributed by atoms with Gasteiger partial charge >= 0.3 is 5.97 Å². The quantitative estimate of drug-likeness (QED) is 0.655. The van der Waals surface area contributed by atoms with Crippen LogP contribution in [0.2, 0.25) is 10.0 Å². The Morgan fingerprint density at radius 1 is 1.09 bits per heavy atom. The van der Waals surface area contributed by atoms with Gasteiger partial charge in [-0.3, -0.25) is 4.79 Å². The lowest BCUT2D eigenvalue weighted by Crippen LogP contribution is -2.47. The highest BCUT2D eigenvalue weighted by molar-refractivity contribution is 6.35. The molecule has 4 aliphatic carbocycles. The van der Waals surface area contributed by atoms with Gasteiger partial charge in [0.25, 0.3) is 0 Å². The van der Waals surface area contributed by atoms with Gasteiger partial charge < -0.3 is 4.74 Å². The zero-order valence-corrected chi connectivity index (χ0v) is 14.7. The highest BCUT2D eigenvalue weighted by Crippen LogP contribution is 2.61. The van der Waals surface area contributed by atoms with Crippen LogP contribution in [-0.4, -0.2) is 5.97 Å². The lowest BCUT2D eigenvalue weighted by molar-refractivity contribution is -0.153. The van der Waals surface area contributed by atoms with Crippen molar-refractivity contribution in [3.05, 3.63) is 33.8 Å². The van der Waals surface area contributed by atoms with Crippen molar-refractivity contribution in [1.82, 2.24) is 0 Å². The van der Waals surface area contributed by atoms with Crippen LogP contribution in [0, 0.1) is 23.2 Å². The van der Waals surface area contributed by atoms with E-state index in [4.69, 9.17) is 27.9 Å². The molecule has 0 aromatic heterocycles. The third kappa shape index (κ3) is 3.25. The zero-order chi connectivity index (χ0) is 16.0.